The third-order valence-electron chi connectivity index (χ3n) is 9.06. The number of amides is 1. The van der Waals surface area contributed by atoms with E-state index in [-0.39, 0.29) is 18.0 Å². The molecule has 1 atom stereocenters. The highest BCUT2D eigenvalue weighted by atomic mass is 16.5. The first kappa shape index (κ1) is 34.2. The molecule has 9 heteroatoms. The fourth-order valence-corrected chi connectivity index (χ4v) is 6.42. The molecule has 3 aromatic rings. The second-order valence-corrected chi connectivity index (χ2v) is 12.5. The van der Waals surface area contributed by atoms with Crippen LogP contribution in [-0.4, -0.2) is 73.3 Å². The Kier molecular flexibility index (Phi) is 12.2. The maximum absolute atomic E-state index is 13.8. The van der Waals surface area contributed by atoms with Crippen LogP contribution >= 0.6 is 0 Å². The molecule has 1 unspecified atom stereocenters. The molecule has 1 aliphatic heterocycles. The van der Waals surface area contributed by atoms with E-state index >= 15 is 0 Å². The Bertz CT molecular complexity index is 1480. The minimum absolute atomic E-state index is 0.158. The summed E-state index contributed by atoms with van der Waals surface area (Å²) in [5, 5.41) is 6.51. The molecule has 0 saturated carbocycles. The Morgan fingerprint density at radius 1 is 1.07 bits per heavy atom. The second-order valence-electron chi connectivity index (χ2n) is 12.5. The number of nitrogens with zero attached hydrogens (tertiary/aromatic N) is 3. The Hall–Kier alpha value is -3.69. The van der Waals surface area contributed by atoms with E-state index in [0.29, 0.717) is 23.2 Å². The van der Waals surface area contributed by atoms with Crippen LogP contribution in [0.25, 0.3) is 11.1 Å². The lowest BCUT2D eigenvalue weighted by Gasteiger charge is -2.37. The fraction of sp³-hybridized carbons (Fsp3) is 0.528. The lowest BCUT2D eigenvalue weighted by molar-refractivity contribution is 0.0846. The van der Waals surface area contributed by atoms with Crippen molar-refractivity contribution in [1.82, 2.24) is 20.2 Å². The molecule has 9 nitrogen and oxygen atoms in total. The summed E-state index contributed by atoms with van der Waals surface area (Å²) in [5.74, 6) is 0.640. The molecule has 2 aromatic heterocycles. The maximum Gasteiger partial charge on any atom is 0.253 e. The van der Waals surface area contributed by atoms with Crippen LogP contribution in [0.15, 0.2) is 41.3 Å². The molecule has 0 radical (unpaired) electrons. The van der Waals surface area contributed by atoms with Gasteiger partial charge < -0.3 is 30.2 Å². The zero-order valence-electron chi connectivity index (χ0n) is 28.3. The van der Waals surface area contributed by atoms with Gasteiger partial charge in [-0.15, -0.1) is 0 Å². The Labute approximate surface area is 268 Å². The van der Waals surface area contributed by atoms with Gasteiger partial charge in [-0.05, 0) is 114 Å². The Morgan fingerprint density at radius 2 is 1.82 bits per heavy atom. The van der Waals surface area contributed by atoms with Crippen molar-refractivity contribution in [3.05, 3.63) is 74.8 Å². The van der Waals surface area contributed by atoms with Gasteiger partial charge in [0.2, 0.25) is 0 Å². The predicted molar refractivity (Wildman–Crippen MR) is 184 cm³/mol. The number of anilines is 2. The fourth-order valence-electron chi connectivity index (χ4n) is 6.42. The largest absolute Gasteiger partial charge is 0.381 e. The van der Waals surface area contributed by atoms with Gasteiger partial charge >= 0.3 is 0 Å². The van der Waals surface area contributed by atoms with E-state index in [9.17, 15) is 9.59 Å². The third kappa shape index (κ3) is 8.73. The molecule has 3 heterocycles. The van der Waals surface area contributed by atoms with E-state index in [0.717, 1.165) is 85.0 Å². The third-order valence-corrected chi connectivity index (χ3v) is 9.06. The topological polar surface area (TPSA) is 103 Å². The first-order chi connectivity index (χ1) is 21.6. The highest BCUT2D eigenvalue weighted by Crippen LogP contribution is 2.34. The minimum Gasteiger partial charge on any atom is -0.381 e. The van der Waals surface area contributed by atoms with Crippen molar-refractivity contribution in [2.45, 2.75) is 85.4 Å². The molecule has 0 bridgehead atoms. The molecular weight excluding hydrogens is 564 g/mol. The first-order valence-electron chi connectivity index (χ1n) is 16.5. The van der Waals surface area contributed by atoms with E-state index in [4.69, 9.17) is 9.72 Å². The van der Waals surface area contributed by atoms with Gasteiger partial charge in [0.15, 0.2) is 0 Å². The molecule has 1 amide bonds. The van der Waals surface area contributed by atoms with Crippen molar-refractivity contribution in [2.24, 2.45) is 0 Å². The van der Waals surface area contributed by atoms with E-state index in [1.807, 2.05) is 45.2 Å². The average molecular weight is 617 g/mol. The number of aryl methyl sites for hydroxylation is 2. The molecule has 1 saturated heterocycles. The van der Waals surface area contributed by atoms with Crippen LogP contribution in [0.1, 0.15) is 78.7 Å². The zero-order chi connectivity index (χ0) is 32.5. The van der Waals surface area contributed by atoms with Crippen molar-refractivity contribution in [1.29, 1.82) is 0 Å². The number of nitrogens with one attached hydrogen (secondary N) is 3. The second kappa shape index (κ2) is 16.0. The summed E-state index contributed by atoms with van der Waals surface area (Å²) in [7, 11) is 4.28. The monoisotopic (exact) mass is 616 g/mol. The van der Waals surface area contributed by atoms with E-state index in [1.165, 1.54) is 12.8 Å². The molecule has 0 spiro atoms. The van der Waals surface area contributed by atoms with Gasteiger partial charge in [0.05, 0.1) is 0 Å². The smallest absolute Gasteiger partial charge is 0.253 e. The number of pyridine rings is 2. The van der Waals surface area contributed by atoms with Crippen LogP contribution in [0.5, 0.6) is 0 Å². The van der Waals surface area contributed by atoms with Crippen molar-refractivity contribution in [2.75, 3.05) is 50.6 Å². The van der Waals surface area contributed by atoms with Gasteiger partial charge in [-0.1, -0.05) is 13.3 Å². The number of hydrogen-bond donors (Lipinski definition) is 3. The number of carbonyl (C=O) groups is 1. The Morgan fingerprint density at radius 3 is 2.44 bits per heavy atom. The van der Waals surface area contributed by atoms with E-state index < -0.39 is 0 Å². The SMILES string of the molecule is CCCC(CCNc1ccc(-c2cc(C(=O)NCc3c(C)cc(C)[nH]c3=O)c(C)c(N(CC)C3CCOCC3)c2)cn1)N(C)C. The molecule has 1 aliphatic rings. The van der Waals surface area contributed by atoms with Crippen LogP contribution < -0.4 is 21.1 Å². The molecule has 3 N–H and O–H groups in total. The number of H-pyrrole nitrogens is 1. The molecule has 45 heavy (non-hydrogen) atoms. The standard InChI is InChI=1S/C36H52N6O3/c1-8-10-29(41(6)7)13-16-37-34-12-11-27(22-38-34)28-20-31(35(43)39-23-32-24(3)19-25(4)40-36(32)44)26(5)33(21-28)42(9-2)30-14-17-45-18-15-30/h11-12,19-22,29-30H,8-10,13-18,23H2,1-7H3,(H,37,38)(H,39,43)(H,40,44). The first-order valence-corrected chi connectivity index (χ1v) is 16.5. The number of carbonyl (C=O) groups excluding carboxylic acids is 1. The summed E-state index contributed by atoms with van der Waals surface area (Å²) in [4.78, 5) is 38.7. The van der Waals surface area contributed by atoms with Crippen molar-refractivity contribution >= 4 is 17.4 Å². The van der Waals surface area contributed by atoms with E-state index in [1.54, 1.807) is 0 Å². The maximum atomic E-state index is 13.8. The molecule has 244 valence electrons. The number of rotatable bonds is 14. The number of aromatic nitrogens is 2. The summed E-state index contributed by atoms with van der Waals surface area (Å²) >= 11 is 0. The van der Waals surface area contributed by atoms with Crippen molar-refractivity contribution < 1.29 is 9.53 Å². The average Bonchev–Trinajstić information content (AvgIpc) is 3.02. The van der Waals surface area contributed by atoms with Crippen molar-refractivity contribution in [3.8, 4) is 11.1 Å². The number of hydrogen-bond acceptors (Lipinski definition) is 7. The summed E-state index contributed by atoms with van der Waals surface area (Å²) in [5.41, 5.74) is 6.52. The van der Waals surface area contributed by atoms with Crippen LogP contribution in [0.4, 0.5) is 11.5 Å². The van der Waals surface area contributed by atoms with Gasteiger partial charge in [-0.3, -0.25) is 9.59 Å². The van der Waals surface area contributed by atoms with E-state index in [2.05, 4.69) is 65.5 Å². The number of ether oxygens (including phenoxy) is 1. The van der Waals surface area contributed by atoms with Gasteiger partial charge in [0.1, 0.15) is 5.82 Å². The quantitative estimate of drug-likeness (QED) is 0.210. The molecule has 1 aromatic carbocycles. The number of benzene rings is 1. The molecular formula is C36H52N6O3. The summed E-state index contributed by atoms with van der Waals surface area (Å²) in [6.07, 6.45) is 7.18. The highest BCUT2D eigenvalue weighted by Gasteiger charge is 2.25. The summed E-state index contributed by atoms with van der Waals surface area (Å²) in [6, 6.07) is 11.0. The molecule has 4 rings (SSSR count). The predicted octanol–water partition coefficient (Wildman–Crippen LogP) is 5.83. The van der Waals surface area contributed by atoms with Crippen LogP contribution in [-0.2, 0) is 11.3 Å². The van der Waals surface area contributed by atoms with Gasteiger partial charge in [-0.25, -0.2) is 4.98 Å². The van der Waals surface area contributed by atoms with Crippen LogP contribution in [0.2, 0.25) is 0 Å². The molecule has 1 fully saturated rings. The summed E-state index contributed by atoms with van der Waals surface area (Å²) in [6.45, 7) is 13.5. The minimum atomic E-state index is -0.202. The van der Waals surface area contributed by atoms with Crippen LogP contribution in [0.3, 0.4) is 0 Å². The van der Waals surface area contributed by atoms with Gasteiger partial charge in [-0.2, -0.15) is 0 Å². The molecule has 0 aliphatic carbocycles. The number of aromatic amines is 1. The zero-order valence-corrected chi connectivity index (χ0v) is 28.3. The van der Waals surface area contributed by atoms with Gasteiger partial charge in [0.25, 0.3) is 11.5 Å². The van der Waals surface area contributed by atoms with Crippen LogP contribution in [0, 0.1) is 20.8 Å². The van der Waals surface area contributed by atoms with Gasteiger partial charge in [0, 0.05) is 79.2 Å². The Balaban J connectivity index is 1.62. The summed E-state index contributed by atoms with van der Waals surface area (Å²) < 4.78 is 5.66. The normalized spacial score (nSPS) is 14.4. The lowest BCUT2D eigenvalue weighted by Crippen LogP contribution is -2.40. The van der Waals surface area contributed by atoms with Crippen molar-refractivity contribution in [3.63, 3.8) is 0 Å². The highest BCUT2D eigenvalue weighted by molar-refractivity contribution is 5.99. The lowest BCUT2D eigenvalue weighted by atomic mass is 9.95.